The molecule has 0 radical (unpaired) electrons. The van der Waals surface area contributed by atoms with E-state index < -0.39 is 17.8 Å². The molecule has 3 N–H and O–H groups in total. The monoisotopic (exact) mass is 337 g/mol. The summed E-state index contributed by atoms with van der Waals surface area (Å²) in [7, 11) is 0. The number of rotatable bonds is 7. The molecule has 1 saturated carbocycles. The number of nitrogens with two attached hydrogens (primary N) is 1. The molecule has 0 aromatic carbocycles. The van der Waals surface area contributed by atoms with Crippen LogP contribution in [0.5, 0.6) is 0 Å². The first-order valence-electron chi connectivity index (χ1n) is 8.75. The maximum Gasteiger partial charge on any atom is 0.240 e. The molecule has 24 heavy (non-hydrogen) atoms. The Morgan fingerprint density at radius 3 is 2.58 bits per heavy atom. The van der Waals surface area contributed by atoms with Crippen LogP contribution in [0.15, 0.2) is 12.3 Å². The third-order valence-corrected chi connectivity index (χ3v) is 4.77. The van der Waals surface area contributed by atoms with Crippen molar-refractivity contribution in [3.8, 4) is 0 Å². The van der Waals surface area contributed by atoms with Crippen LogP contribution in [0.3, 0.4) is 0 Å². The zero-order chi connectivity index (χ0) is 17.7. The summed E-state index contributed by atoms with van der Waals surface area (Å²) in [6.45, 7) is 4.12. The predicted octanol–water partition coefficient (Wildman–Crippen LogP) is 2.61. The summed E-state index contributed by atoms with van der Waals surface area (Å²) < 4.78 is 14.6. The first kappa shape index (κ1) is 18.6. The second kappa shape index (κ2) is 8.42. The number of carbonyl (C=O) groups is 1. The van der Waals surface area contributed by atoms with Gasteiger partial charge >= 0.3 is 0 Å². The summed E-state index contributed by atoms with van der Waals surface area (Å²) in [5.41, 5.74) is 6.03. The van der Waals surface area contributed by atoms with E-state index in [9.17, 15) is 9.18 Å². The Hall–Kier alpha value is -1.69. The van der Waals surface area contributed by atoms with E-state index in [1.54, 1.807) is 4.90 Å². The lowest BCUT2D eigenvalue weighted by Crippen LogP contribution is -2.50. The number of carbonyl (C=O) groups excluding carboxylic acids is 1. The smallest absolute Gasteiger partial charge is 0.240 e. The number of halogens is 1. The summed E-state index contributed by atoms with van der Waals surface area (Å²) in [6.07, 6.45) is 7.18. The number of aromatic nitrogens is 1. The number of anilines is 1. The number of hydrogen-bond donors (Lipinski definition) is 2. The summed E-state index contributed by atoms with van der Waals surface area (Å²) in [6, 6.07) is 0.670. The fourth-order valence-corrected chi connectivity index (χ4v) is 3.59. The van der Waals surface area contributed by atoms with Crippen molar-refractivity contribution in [2.45, 2.75) is 58.6 Å². The molecule has 0 unspecified atom stereocenters. The summed E-state index contributed by atoms with van der Waals surface area (Å²) in [4.78, 5) is 17.9. The van der Waals surface area contributed by atoms with Crippen molar-refractivity contribution in [1.82, 2.24) is 4.98 Å². The second-order valence-electron chi connectivity index (χ2n) is 7.05. The SMILES string of the molecule is CC(C)[C@H](C(N)=O)N(CC1CCCCC1)c1ncc(CO)cc1F. The lowest BCUT2D eigenvalue weighted by Gasteiger charge is -2.37. The van der Waals surface area contributed by atoms with E-state index in [1.807, 2.05) is 13.8 Å². The van der Waals surface area contributed by atoms with Gasteiger partial charge in [0, 0.05) is 12.7 Å². The number of amides is 1. The normalized spacial score (nSPS) is 17.0. The molecule has 1 aromatic heterocycles. The lowest BCUT2D eigenvalue weighted by molar-refractivity contribution is -0.120. The fraction of sp³-hybridized carbons (Fsp3) is 0.667. The number of pyridine rings is 1. The number of primary amides is 1. The van der Waals surface area contributed by atoms with Crippen molar-refractivity contribution in [2.75, 3.05) is 11.4 Å². The molecule has 1 aliphatic rings. The van der Waals surface area contributed by atoms with Crippen LogP contribution in [0.25, 0.3) is 0 Å². The molecule has 5 nitrogen and oxygen atoms in total. The maximum absolute atomic E-state index is 14.6. The zero-order valence-electron chi connectivity index (χ0n) is 14.5. The molecule has 1 aromatic rings. The van der Waals surface area contributed by atoms with Gasteiger partial charge in [-0.3, -0.25) is 4.79 Å². The second-order valence-corrected chi connectivity index (χ2v) is 7.05. The third kappa shape index (κ3) is 4.44. The summed E-state index contributed by atoms with van der Waals surface area (Å²) in [5.74, 6) is -0.476. The van der Waals surface area contributed by atoms with Crippen LogP contribution in [-0.4, -0.2) is 28.6 Å². The van der Waals surface area contributed by atoms with Gasteiger partial charge in [-0.25, -0.2) is 9.37 Å². The molecule has 1 atom stereocenters. The highest BCUT2D eigenvalue weighted by molar-refractivity contribution is 5.83. The van der Waals surface area contributed by atoms with Gasteiger partial charge in [0.2, 0.25) is 5.91 Å². The van der Waals surface area contributed by atoms with Gasteiger partial charge in [0.25, 0.3) is 0 Å². The van der Waals surface area contributed by atoms with Crippen LogP contribution in [0.2, 0.25) is 0 Å². The van der Waals surface area contributed by atoms with E-state index in [0.29, 0.717) is 18.0 Å². The molecule has 0 bridgehead atoms. The minimum Gasteiger partial charge on any atom is -0.392 e. The molecule has 2 rings (SSSR count). The number of hydrogen-bond acceptors (Lipinski definition) is 4. The van der Waals surface area contributed by atoms with E-state index in [-0.39, 0.29) is 18.3 Å². The minimum absolute atomic E-state index is 0.0511. The number of aliphatic hydroxyl groups is 1. The lowest BCUT2D eigenvalue weighted by atomic mass is 9.88. The first-order valence-corrected chi connectivity index (χ1v) is 8.75. The van der Waals surface area contributed by atoms with Crippen LogP contribution in [-0.2, 0) is 11.4 Å². The molecule has 1 fully saturated rings. The van der Waals surface area contributed by atoms with Gasteiger partial charge in [0.1, 0.15) is 6.04 Å². The van der Waals surface area contributed by atoms with Crippen molar-refractivity contribution in [2.24, 2.45) is 17.6 Å². The molecule has 0 spiro atoms. The largest absolute Gasteiger partial charge is 0.392 e. The Morgan fingerprint density at radius 2 is 2.08 bits per heavy atom. The molecule has 0 saturated heterocycles. The van der Waals surface area contributed by atoms with E-state index in [0.717, 1.165) is 12.8 Å². The molecule has 1 amide bonds. The van der Waals surface area contributed by atoms with Crippen molar-refractivity contribution in [3.63, 3.8) is 0 Å². The van der Waals surface area contributed by atoms with Gasteiger partial charge in [-0.1, -0.05) is 33.1 Å². The Morgan fingerprint density at radius 1 is 1.42 bits per heavy atom. The van der Waals surface area contributed by atoms with Gasteiger partial charge in [-0.15, -0.1) is 0 Å². The van der Waals surface area contributed by atoms with Gasteiger partial charge in [0.15, 0.2) is 11.6 Å². The Balaban J connectivity index is 2.35. The minimum atomic E-state index is -0.603. The summed E-state index contributed by atoms with van der Waals surface area (Å²) in [5, 5.41) is 9.14. The van der Waals surface area contributed by atoms with E-state index in [1.165, 1.54) is 31.5 Å². The number of aliphatic hydroxyl groups excluding tert-OH is 1. The topological polar surface area (TPSA) is 79.5 Å². The Kier molecular flexibility index (Phi) is 6.54. The van der Waals surface area contributed by atoms with Crippen molar-refractivity contribution in [1.29, 1.82) is 0 Å². The highest BCUT2D eigenvalue weighted by atomic mass is 19.1. The fourth-order valence-electron chi connectivity index (χ4n) is 3.59. The molecule has 0 aliphatic heterocycles. The Labute approximate surface area is 143 Å². The predicted molar refractivity (Wildman–Crippen MR) is 91.9 cm³/mol. The van der Waals surface area contributed by atoms with Crippen molar-refractivity contribution in [3.05, 3.63) is 23.6 Å². The van der Waals surface area contributed by atoms with Crippen molar-refractivity contribution >= 4 is 11.7 Å². The van der Waals surface area contributed by atoms with Gasteiger partial charge in [0.05, 0.1) is 6.61 Å². The van der Waals surface area contributed by atoms with Crippen LogP contribution in [0.1, 0.15) is 51.5 Å². The molecule has 1 heterocycles. The van der Waals surface area contributed by atoms with Crippen LogP contribution in [0, 0.1) is 17.7 Å². The van der Waals surface area contributed by atoms with Crippen LogP contribution < -0.4 is 10.6 Å². The van der Waals surface area contributed by atoms with Gasteiger partial charge < -0.3 is 15.7 Å². The number of nitrogens with zero attached hydrogens (tertiary/aromatic N) is 2. The highest BCUT2D eigenvalue weighted by Gasteiger charge is 2.32. The van der Waals surface area contributed by atoms with E-state index in [2.05, 4.69) is 4.98 Å². The van der Waals surface area contributed by atoms with E-state index in [4.69, 9.17) is 10.8 Å². The first-order chi connectivity index (χ1) is 11.4. The molecular formula is C18H28FN3O2. The molecule has 6 heteroatoms. The van der Waals surface area contributed by atoms with Crippen LogP contribution in [0.4, 0.5) is 10.2 Å². The van der Waals surface area contributed by atoms with Gasteiger partial charge in [-0.05, 0) is 36.3 Å². The highest BCUT2D eigenvalue weighted by Crippen LogP contribution is 2.29. The molecular weight excluding hydrogens is 309 g/mol. The third-order valence-electron chi connectivity index (χ3n) is 4.77. The molecule has 134 valence electrons. The van der Waals surface area contributed by atoms with E-state index >= 15 is 0 Å². The zero-order valence-corrected chi connectivity index (χ0v) is 14.5. The quantitative estimate of drug-likeness (QED) is 0.801. The average Bonchev–Trinajstić information content (AvgIpc) is 2.54. The standard InChI is InChI=1S/C18H28FN3O2/c1-12(2)16(17(20)24)22(10-13-6-4-3-5-7-13)18-15(19)8-14(11-23)9-21-18/h8-9,12-13,16,23H,3-7,10-11H2,1-2H3,(H2,20,24)/t16-/m1/s1. The van der Waals surface area contributed by atoms with Crippen molar-refractivity contribution < 1.29 is 14.3 Å². The molecule has 1 aliphatic carbocycles. The van der Waals surface area contributed by atoms with Crippen LogP contribution >= 0.6 is 0 Å². The maximum atomic E-state index is 14.6. The summed E-state index contributed by atoms with van der Waals surface area (Å²) >= 11 is 0. The van der Waals surface area contributed by atoms with Gasteiger partial charge in [-0.2, -0.15) is 0 Å². The Bertz CT molecular complexity index is 559. The average molecular weight is 337 g/mol.